The molecule has 8 nitrogen and oxygen atoms in total. The molecule has 0 spiro atoms. The van der Waals surface area contributed by atoms with Crippen molar-refractivity contribution < 1.29 is 34.0 Å². The summed E-state index contributed by atoms with van der Waals surface area (Å²) in [5, 5.41) is 23.1. The Kier molecular flexibility index (Phi) is 6.26. The molecular formula is C18H19NO7. The number of fused-ring (bicyclic) bond motifs is 1. The van der Waals surface area contributed by atoms with Crippen LogP contribution in [0.5, 0.6) is 17.2 Å². The van der Waals surface area contributed by atoms with E-state index in [1.54, 1.807) is 24.3 Å². The summed E-state index contributed by atoms with van der Waals surface area (Å²) in [5.74, 6) is -0.945. The maximum absolute atomic E-state index is 11.7. The molecule has 1 unspecified atom stereocenters. The number of carbonyl (C=O) groups is 2. The third-order valence-electron chi connectivity index (χ3n) is 3.31. The number of benzene rings is 2. The Balaban J connectivity index is 1.94. The number of ether oxygens (including phenoxy) is 3. The average Bonchev–Trinajstić information content (AvgIpc) is 2.62. The first kappa shape index (κ1) is 18.9. The summed E-state index contributed by atoms with van der Waals surface area (Å²) in [5.41, 5.74) is 0. The second kappa shape index (κ2) is 8.61. The van der Waals surface area contributed by atoms with Crippen LogP contribution in [0.2, 0.25) is 0 Å². The summed E-state index contributed by atoms with van der Waals surface area (Å²) in [6, 6.07) is 8.01. The molecule has 0 aliphatic carbocycles. The van der Waals surface area contributed by atoms with Crippen molar-refractivity contribution in [3.8, 4) is 17.2 Å². The molecular weight excluding hydrogens is 342 g/mol. The molecule has 26 heavy (non-hydrogen) atoms. The Morgan fingerprint density at radius 3 is 2.65 bits per heavy atom. The lowest BCUT2D eigenvalue weighted by Gasteiger charge is -2.18. The summed E-state index contributed by atoms with van der Waals surface area (Å²) in [6.45, 7) is 4.79. The molecule has 0 aromatic heterocycles. The molecule has 0 heterocycles. The lowest BCUT2D eigenvalue weighted by atomic mass is 10.1. The Morgan fingerprint density at radius 2 is 1.96 bits per heavy atom. The van der Waals surface area contributed by atoms with E-state index in [0.717, 1.165) is 6.08 Å². The van der Waals surface area contributed by atoms with Crippen LogP contribution in [0.4, 0.5) is 4.79 Å². The van der Waals surface area contributed by atoms with Gasteiger partial charge in [-0.2, -0.15) is 0 Å². The second-order valence-electron chi connectivity index (χ2n) is 5.18. The van der Waals surface area contributed by atoms with Crippen molar-refractivity contribution >= 4 is 22.8 Å². The minimum absolute atomic E-state index is 0.0222. The smallest absolute Gasteiger partial charge is 0.410 e. The molecule has 0 bridgehead atoms. The van der Waals surface area contributed by atoms with E-state index in [9.17, 15) is 19.8 Å². The van der Waals surface area contributed by atoms with E-state index in [0.29, 0.717) is 10.8 Å². The van der Waals surface area contributed by atoms with Gasteiger partial charge in [0, 0.05) is 29.8 Å². The van der Waals surface area contributed by atoms with E-state index in [4.69, 9.17) is 14.2 Å². The van der Waals surface area contributed by atoms with Crippen molar-refractivity contribution in [2.75, 3.05) is 13.2 Å². The topological polar surface area (TPSA) is 114 Å². The van der Waals surface area contributed by atoms with Crippen LogP contribution in [0.3, 0.4) is 0 Å². The summed E-state index contributed by atoms with van der Waals surface area (Å²) in [7, 11) is 0. The van der Waals surface area contributed by atoms with Crippen molar-refractivity contribution in [1.82, 2.24) is 5.32 Å². The van der Waals surface area contributed by atoms with Crippen LogP contribution in [0, 0.1) is 0 Å². The number of amides is 1. The van der Waals surface area contributed by atoms with Crippen LogP contribution in [0.15, 0.2) is 43.0 Å². The third-order valence-corrected chi connectivity index (χ3v) is 3.31. The Morgan fingerprint density at radius 1 is 1.27 bits per heavy atom. The molecule has 2 aromatic carbocycles. The number of alkyl carbamates (subject to hydrolysis) is 1. The molecule has 1 amide bonds. The van der Waals surface area contributed by atoms with Crippen molar-refractivity contribution in [2.45, 2.75) is 13.2 Å². The minimum Gasteiger partial charge on any atom is -0.504 e. The number of esters is 1. The van der Waals surface area contributed by atoms with E-state index >= 15 is 0 Å². The molecule has 138 valence electrons. The molecule has 0 saturated heterocycles. The maximum Gasteiger partial charge on any atom is 0.410 e. The second-order valence-corrected chi connectivity index (χ2v) is 5.18. The van der Waals surface area contributed by atoms with Crippen LogP contribution in [0.1, 0.15) is 6.92 Å². The molecule has 3 N–H and O–H groups in total. The number of aromatic hydroxyl groups is 2. The van der Waals surface area contributed by atoms with Crippen molar-refractivity contribution in [1.29, 1.82) is 0 Å². The first-order valence-corrected chi connectivity index (χ1v) is 7.76. The number of phenolic OH excluding ortho intramolecular Hbond substituents is 2. The molecule has 1 atom stereocenters. The molecule has 2 rings (SSSR count). The van der Waals surface area contributed by atoms with Crippen LogP contribution in [-0.2, 0) is 14.3 Å². The molecule has 0 aliphatic rings. The van der Waals surface area contributed by atoms with Gasteiger partial charge in [0.1, 0.15) is 12.4 Å². The van der Waals surface area contributed by atoms with Crippen LogP contribution < -0.4 is 10.1 Å². The lowest BCUT2D eigenvalue weighted by Crippen LogP contribution is -2.32. The van der Waals surface area contributed by atoms with E-state index in [1.807, 2.05) is 0 Å². The van der Waals surface area contributed by atoms with Gasteiger partial charge in [-0.25, -0.2) is 9.59 Å². The molecule has 0 radical (unpaired) electrons. The highest BCUT2D eigenvalue weighted by atomic mass is 16.7. The summed E-state index contributed by atoms with van der Waals surface area (Å²) in [6.07, 6.45) is -0.719. The largest absolute Gasteiger partial charge is 0.504 e. The Hall–Kier alpha value is -3.42. The zero-order chi connectivity index (χ0) is 19.1. The molecule has 0 aliphatic heterocycles. The molecule has 8 heteroatoms. The van der Waals surface area contributed by atoms with Crippen molar-refractivity contribution in [3.63, 3.8) is 0 Å². The monoisotopic (exact) mass is 361 g/mol. The quantitative estimate of drug-likeness (QED) is 0.228. The fourth-order valence-corrected chi connectivity index (χ4v) is 2.17. The van der Waals surface area contributed by atoms with Gasteiger partial charge in [0.05, 0.1) is 6.54 Å². The van der Waals surface area contributed by atoms with E-state index in [-0.39, 0.29) is 30.4 Å². The Bertz CT molecular complexity index is 819. The summed E-state index contributed by atoms with van der Waals surface area (Å²) >= 11 is 0. The predicted octanol–water partition coefficient (Wildman–Crippen LogP) is 2.43. The number of phenols is 2. The fourth-order valence-electron chi connectivity index (χ4n) is 2.17. The summed E-state index contributed by atoms with van der Waals surface area (Å²) in [4.78, 5) is 22.5. The van der Waals surface area contributed by atoms with E-state index < -0.39 is 18.4 Å². The van der Waals surface area contributed by atoms with Crippen LogP contribution in [-0.4, -0.2) is 41.7 Å². The van der Waals surface area contributed by atoms with Crippen LogP contribution in [0.25, 0.3) is 10.8 Å². The number of nitrogens with one attached hydrogen (secondary N) is 1. The molecule has 0 saturated carbocycles. The lowest BCUT2D eigenvalue weighted by molar-refractivity contribution is -0.137. The normalized spacial score (nSPS) is 11.4. The van der Waals surface area contributed by atoms with Crippen molar-refractivity contribution in [3.05, 3.63) is 43.0 Å². The fraction of sp³-hybridized carbons (Fsp3) is 0.222. The number of hydrogen-bond acceptors (Lipinski definition) is 7. The van der Waals surface area contributed by atoms with Gasteiger partial charge in [0.15, 0.2) is 11.5 Å². The van der Waals surface area contributed by atoms with Gasteiger partial charge in [0.2, 0.25) is 6.29 Å². The van der Waals surface area contributed by atoms with E-state index in [2.05, 4.69) is 11.9 Å². The first-order valence-electron chi connectivity index (χ1n) is 7.76. The average molecular weight is 361 g/mol. The van der Waals surface area contributed by atoms with Gasteiger partial charge >= 0.3 is 12.1 Å². The zero-order valence-electron chi connectivity index (χ0n) is 14.1. The van der Waals surface area contributed by atoms with Gasteiger partial charge in [-0.15, -0.1) is 0 Å². The standard InChI is InChI=1S/C18H19NO7/c1-3-16(21)24-9-8-19-18(23)26-11(2)25-15-10-14(20)17(22)13-7-5-4-6-12(13)15/h3-7,10-11,20,22H,1,8-9H2,2H3,(H,19,23). The van der Waals surface area contributed by atoms with Gasteiger partial charge < -0.3 is 29.7 Å². The minimum atomic E-state index is -0.974. The summed E-state index contributed by atoms with van der Waals surface area (Å²) < 4.78 is 15.3. The Labute approximate surface area is 149 Å². The van der Waals surface area contributed by atoms with Gasteiger partial charge in [0.25, 0.3) is 0 Å². The van der Waals surface area contributed by atoms with Gasteiger partial charge in [-0.05, 0) is 0 Å². The molecule has 2 aromatic rings. The van der Waals surface area contributed by atoms with E-state index in [1.165, 1.54) is 13.0 Å². The number of hydrogen-bond donors (Lipinski definition) is 3. The SMILES string of the molecule is C=CC(=O)OCCNC(=O)OC(C)Oc1cc(O)c(O)c2ccccc12. The number of carbonyl (C=O) groups excluding carboxylic acids is 2. The zero-order valence-corrected chi connectivity index (χ0v) is 14.1. The van der Waals surface area contributed by atoms with Gasteiger partial charge in [-0.3, -0.25) is 0 Å². The molecule has 0 fully saturated rings. The van der Waals surface area contributed by atoms with Gasteiger partial charge in [-0.1, -0.05) is 30.8 Å². The number of rotatable bonds is 7. The highest BCUT2D eigenvalue weighted by Crippen LogP contribution is 2.40. The third kappa shape index (κ3) is 4.79. The predicted molar refractivity (Wildman–Crippen MR) is 93.0 cm³/mol. The van der Waals surface area contributed by atoms with Crippen molar-refractivity contribution in [2.24, 2.45) is 0 Å². The highest BCUT2D eigenvalue weighted by molar-refractivity contribution is 5.95. The first-order chi connectivity index (χ1) is 12.4. The van der Waals surface area contributed by atoms with Crippen LogP contribution >= 0.6 is 0 Å². The highest BCUT2D eigenvalue weighted by Gasteiger charge is 2.16. The maximum atomic E-state index is 11.7.